The van der Waals surface area contributed by atoms with E-state index in [4.69, 9.17) is 4.74 Å². The predicted octanol–water partition coefficient (Wildman–Crippen LogP) is 1.90. The van der Waals surface area contributed by atoms with Gasteiger partial charge in [-0.2, -0.15) is 12.6 Å². The van der Waals surface area contributed by atoms with E-state index in [9.17, 15) is 0 Å². The van der Waals surface area contributed by atoms with Gasteiger partial charge >= 0.3 is 0 Å². The normalized spacial score (nSPS) is 12.7. The lowest BCUT2D eigenvalue weighted by atomic mass is 10.1. The highest BCUT2D eigenvalue weighted by Crippen LogP contribution is 2.25. The molecule has 0 unspecified atom stereocenters. The Labute approximate surface area is 83.5 Å². The maximum absolute atomic E-state index is 5.39. The molecule has 0 saturated heterocycles. The average Bonchev–Trinajstić information content (AvgIpc) is 2.61. The van der Waals surface area contributed by atoms with Gasteiger partial charge in [-0.25, -0.2) is 0 Å². The fraction of sp³-hybridized carbons (Fsp3) is 0.273. The molecule has 0 amide bonds. The first-order valence-electron chi connectivity index (χ1n) is 4.25. The average molecular weight is 190 g/mol. The summed E-state index contributed by atoms with van der Waals surface area (Å²) in [6.07, 6.45) is 1.01. The smallest absolute Gasteiger partial charge is 0.122 e. The summed E-state index contributed by atoms with van der Waals surface area (Å²) in [5.41, 5.74) is 2.32. The van der Waals surface area contributed by atoms with Crippen LogP contribution in [0.5, 0.6) is 5.75 Å². The third kappa shape index (κ3) is 1.81. The van der Waals surface area contributed by atoms with Crippen molar-refractivity contribution in [3.63, 3.8) is 0 Å². The van der Waals surface area contributed by atoms with Gasteiger partial charge < -0.3 is 4.74 Å². The van der Waals surface area contributed by atoms with Gasteiger partial charge in [0.25, 0.3) is 0 Å². The Balaban J connectivity index is 2.31. The summed E-state index contributed by atoms with van der Waals surface area (Å²) in [6, 6.07) is 6.07. The molecule has 1 aliphatic heterocycles. The minimum absolute atomic E-state index is 0.605. The molecule has 0 fully saturated rings. The van der Waals surface area contributed by atoms with Crippen molar-refractivity contribution in [3.05, 3.63) is 29.3 Å². The molecule has 0 N–H and O–H groups in total. The SMILES string of the molecule is SCC#Cc1ccc2c(c1)CCO2. The molecule has 66 valence electrons. The molecule has 0 bridgehead atoms. The van der Waals surface area contributed by atoms with Crippen molar-refractivity contribution in [1.82, 2.24) is 0 Å². The predicted molar refractivity (Wildman–Crippen MR) is 56.4 cm³/mol. The largest absolute Gasteiger partial charge is 0.493 e. The van der Waals surface area contributed by atoms with Gasteiger partial charge in [-0.1, -0.05) is 11.8 Å². The number of hydrogen-bond donors (Lipinski definition) is 1. The van der Waals surface area contributed by atoms with E-state index in [1.165, 1.54) is 5.56 Å². The number of thiol groups is 1. The highest BCUT2D eigenvalue weighted by Gasteiger charge is 2.10. The molecule has 0 aliphatic carbocycles. The van der Waals surface area contributed by atoms with Gasteiger partial charge in [0.15, 0.2) is 0 Å². The van der Waals surface area contributed by atoms with Crippen LogP contribution in [0, 0.1) is 11.8 Å². The van der Waals surface area contributed by atoms with E-state index in [2.05, 4.69) is 30.5 Å². The quantitative estimate of drug-likeness (QED) is 0.485. The summed E-state index contributed by atoms with van der Waals surface area (Å²) in [7, 11) is 0. The molecule has 13 heavy (non-hydrogen) atoms. The number of ether oxygens (including phenoxy) is 1. The minimum Gasteiger partial charge on any atom is -0.493 e. The molecule has 0 atom stereocenters. The summed E-state index contributed by atoms with van der Waals surface area (Å²) < 4.78 is 5.39. The second kappa shape index (κ2) is 3.76. The Morgan fingerprint density at radius 1 is 1.46 bits per heavy atom. The van der Waals surface area contributed by atoms with Gasteiger partial charge in [0.05, 0.1) is 12.4 Å². The molecule has 0 spiro atoms. The topological polar surface area (TPSA) is 9.23 Å². The van der Waals surface area contributed by atoms with Crippen molar-refractivity contribution in [2.45, 2.75) is 6.42 Å². The lowest BCUT2D eigenvalue weighted by Crippen LogP contribution is -1.85. The Kier molecular flexibility index (Phi) is 2.47. The lowest BCUT2D eigenvalue weighted by molar-refractivity contribution is 0.357. The van der Waals surface area contributed by atoms with E-state index >= 15 is 0 Å². The van der Waals surface area contributed by atoms with Crippen molar-refractivity contribution in [2.24, 2.45) is 0 Å². The van der Waals surface area contributed by atoms with Crippen LogP contribution < -0.4 is 4.74 Å². The van der Waals surface area contributed by atoms with Gasteiger partial charge in [-0.3, -0.25) is 0 Å². The van der Waals surface area contributed by atoms with Crippen molar-refractivity contribution in [2.75, 3.05) is 12.4 Å². The Morgan fingerprint density at radius 3 is 3.23 bits per heavy atom. The van der Waals surface area contributed by atoms with Crippen LogP contribution in [0.2, 0.25) is 0 Å². The maximum Gasteiger partial charge on any atom is 0.122 e. The molecule has 2 heteroatoms. The number of hydrogen-bond acceptors (Lipinski definition) is 2. The second-order valence-corrected chi connectivity index (χ2v) is 3.20. The second-order valence-electron chi connectivity index (χ2n) is 2.88. The number of benzene rings is 1. The molecule has 1 aromatic carbocycles. The summed E-state index contributed by atoms with van der Waals surface area (Å²) >= 11 is 4.03. The van der Waals surface area contributed by atoms with Crippen LogP contribution in [0.15, 0.2) is 18.2 Å². The first kappa shape index (κ1) is 8.52. The van der Waals surface area contributed by atoms with Crippen molar-refractivity contribution < 1.29 is 4.74 Å². The summed E-state index contributed by atoms with van der Waals surface area (Å²) in [6.45, 7) is 0.804. The molecule has 1 heterocycles. The first-order chi connectivity index (χ1) is 6.40. The monoisotopic (exact) mass is 190 g/mol. The molecule has 0 saturated carbocycles. The Morgan fingerprint density at radius 2 is 2.38 bits per heavy atom. The molecule has 1 aliphatic rings. The standard InChI is InChI=1S/C11H10OS/c13-7-1-2-9-3-4-11-10(8-9)5-6-12-11/h3-4,8,13H,5-7H2. The number of fused-ring (bicyclic) bond motifs is 1. The summed E-state index contributed by atoms with van der Waals surface area (Å²) in [5, 5.41) is 0. The molecule has 2 rings (SSSR count). The van der Waals surface area contributed by atoms with Crippen LogP contribution in [0.25, 0.3) is 0 Å². The van der Waals surface area contributed by atoms with Crippen LogP contribution >= 0.6 is 12.6 Å². The van der Waals surface area contributed by atoms with Gasteiger partial charge in [0.2, 0.25) is 0 Å². The van der Waals surface area contributed by atoms with Gasteiger partial charge in [0, 0.05) is 12.0 Å². The van der Waals surface area contributed by atoms with Gasteiger partial charge in [0.1, 0.15) is 5.75 Å². The van der Waals surface area contributed by atoms with Crippen molar-refractivity contribution in [1.29, 1.82) is 0 Å². The van der Waals surface area contributed by atoms with Crippen LogP contribution in [0.3, 0.4) is 0 Å². The fourth-order valence-electron chi connectivity index (χ4n) is 1.41. The van der Waals surface area contributed by atoms with E-state index in [0.717, 1.165) is 24.3 Å². The maximum atomic E-state index is 5.39. The first-order valence-corrected chi connectivity index (χ1v) is 4.89. The van der Waals surface area contributed by atoms with Gasteiger partial charge in [-0.05, 0) is 23.8 Å². The zero-order chi connectivity index (χ0) is 9.10. The minimum atomic E-state index is 0.605. The highest BCUT2D eigenvalue weighted by atomic mass is 32.1. The third-order valence-electron chi connectivity index (χ3n) is 2.00. The van der Waals surface area contributed by atoms with E-state index in [1.807, 2.05) is 12.1 Å². The van der Waals surface area contributed by atoms with E-state index in [1.54, 1.807) is 0 Å². The fourth-order valence-corrected chi connectivity index (χ4v) is 1.48. The zero-order valence-electron chi connectivity index (χ0n) is 7.21. The van der Waals surface area contributed by atoms with E-state index in [0.29, 0.717) is 5.75 Å². The number of rotatable bonds is 0. The van der Waals surface area contributed by atoms with E-state index < -0.39 is 0 Å². The molecule has 1 aromatic rings. The lowest BCUT2D eigenvalue weighted by Gasteiger charge is -1.97. The molecule has 0 aromatic heterocycles. The Hall–Kier alpha value is -1.07. The third-order valence-corrected chi connectivity index (χ3v) is 2.16. The molecular weight excluding hydrogens is 180 g/mol. The molecule has 0 radical (unpaired) electrons. The van der Waals surface area contributed by atoms with Crippen LogP contribution in [0.1, 0.15) is 11.1 Å². The summed E-state index contributed by atoms with van der Waals surface area (Å²) in [5.74, 6) is 7.59. The van der Waals surface area contributed by atoms with Crippen molar-refractivity contribution >= 4 is 12.6 Å². The Bertz CT molecular complexity index is 373. The summed E-state index contributed by atoms with van der Waals surface area (Å²) in [4.78, 5) is 0. The molecular formula is C11H10OS. The van der Waals surface area contributed by atoms with Crippen LogP contribution in [-0.2, 0) is 6.42 Å². The highest BCUT2D eigenvalue weighted by molar-refractivity contribution is 7.80. The van der Waals surface area contributed by atoms with E-state index in [-0.39, 0.29) is 0 Å². The van der Waals surface area contributed by atoms with Gasteiger partial charge in [-0.15, -0.1) is 0 Å². The van der Waals surface area contributed by atoms with Crippen molar-refractivity contribution in [3.8, 4) is 17.6 Å². The molecule has 1 nitrogen and oxygen atoms in total. The van der Waals surface area contributed by atoms with Crippen LogP contribution in [0.4, 0.5) is 0 Å². The van der Waals surface area contributed by atoms with Crippen LogP contribution in [-0.4, -0.2) is 12.4 Å². The zero-order valence-corrected chi connectivity index (χ0v) is 8.10.